The number of benzene rings is 1. The third-order valence-corrected chi connectivity index (χ3v) is 6.36. The van der Waals surface area contributed by atoms with Gasteiger partial charge in [-0.05, 0) is 55.9 Å². The predicted molar refractivity (Wildman–Crippen MR) is 113 cm³/mol. The molecule has 1 aliphatic carbocycles. The third-order valence-electron chi connectivity index (χ3n) is 6.36. The summed E-state index contributed by atoms with van der Waals surface area (Å²) in [5, 5.41) is 3.12. The largest absolute Gasteiger partial charge is 0.368 e. The van der Waals surface area contributed by atoms with E-state index >= 15 is 0 Å². The quantitative estimate of drug-likeness (QED) is 0.632. The van der Waals surface area contributed by atoms with Crippen LogP contribution < -0.4 is 21.1 Å². The zero-order chi connectivity index (χ0) is 20.4. The van der Waals surface area contributed by atoms with Crippen LogP contribution >= 0.6 is 0 Å². The van der Waals surface area contributed by atoms with E-state index < -0.39 is 0 Å². The van der Waals surface area contributed by atoms with Crippen molar-refractivity contribution in [2.45, 2.75) is 44.3 Å². The summed E-state index contributed by atoms with van der Waals surface area (Å²) in [5.74, 6) is 0.610. The number of anilines is 1. The molecule has 2 aliphatic heterocycles. The van der Waals surface area contributed by atoms with Gasteiger partial charge in [-0.25, -0.2) is 5.43 Å². The van der Waals surface area contributed by atoms with Crippen LogP contribution in [-0.4, -0.2) is 55.1 Å². The molecule has 3 atom stereocenters. The zero-order valence-electron chi connectivity index (χ0n) is 17.1. The lowest BCUT2D eigenvalue weighted by atomic mass is 9.99. The molecule has 1 aromatic rings. The summed E-state index contributed by atoms with van der Waals surface area (Å²) < 4.78 is 0. The standard InChI is InChI=1S/C22H31N5O2/c1-3-21(28)27-12-10-26(11-13-27)18-8-6-16(7-9-18)15(2)22(29)23-20-14-19(24-25-20)17-4-5-17/h3,6-9,15,17,19-20,24-25H,1,4-5,10-14H2,2H3,(H,23,29)/t15-,19?,20?/m1/s1. The van der Waals surface area contributed by atoms with Crippen molar-refractivity contribution in [1.82, 2.24) is 21.1 Å². The summed E-state index contributed by atoms with van der Waals surface area (Å²) in [6, 6.07) is 8.70. The molecule has 2 heterocycles. The number of piperazine rings is 1. The van der Waals surface area contributed by atoms with Crippen molar-refractivity contribution in [2.24, 2.45) is 5.92 Å². The molecule has 7 nitrogen and oxygen atoms in total. The van der Waals surface area contributed by atoms with Crippen molar-refractivity contribution >= 4 is 17.5 Å². The summed E-state index contributed by atoms with van der Waals surface area (Å²) in [6.07, 6.45) is 4.91. The molecule has 4 rings (SSSR count). The number of hydrogen-bond donors (Lipinski definition) is 3. The normalized spacial score (nSPS) is 25.6. The Kier molecular flexibility index (Phi) is 5.87. The van der Waals surface area contributed by atoms with Crippen LogP contribution in [-0.2, 0) is 9.59 Å². The SMILES string of the molecule is C=CC(=O)N1CCN(c2ccc([C@@H](C)C(=O)NC3CC(C4CC4)NN3)cc2)CC1. The van der Waals surface area contributed by atoms with Gasteiger partial charge in [0.15, 0.2) is 0 Å². The molecule has 7 heteroatoms. The fourth-order valence-electron chi connectivity index (χ4n) is 4.22. The number of hydrogen-bond acceptors (Lipinski definition) is 5. The van der Waals surface area contributed by atoms with Gasteiger partial charge < -0.3 is 15.1 Å². The molecule has 2 amide bonds. The Labute approximate surface area is 172 Å². The fraction of sp³-hybridized carbons (Fsp3) is 0.545. The van der Waals surface area contributed by atoms with E-state index in [1.807, 2.05) is 24.0 Å². The van der Waals surface area contributed by atoms with E-state index in [1.165, 1.54) is 18.9 Å². The number of carbonyl (C=O) groups excluding carboxylic acids is 2. The Balaban J connectivity index is 1.28. The molecule has 3 fully saturated rings. The Morgan fingerprint density at radius 2 is 1.83 bits per heavy atom. The molecular formula is C22H31N5O2. The van der Waals surface area contributed by atoms with Gasteiger partial charge in [-0.2, -0.15) is 0 Å². The van der Waals surface area contributed by atoms with Gasteiger partial charge in [0.25, 0.3) is 0 Å². The number of hydrazine groups is 1. The number of carbonyl (C=O) groups is 2. The average Bonchev–Trinajstić information content (AvgIpc) is 3.52. The summed E-state index contributed by atoms with van der Waals surface area (Å²) in [4.78, 5) is 28.5. The highest BCUT2D eigenvalue weighted by atomic mass is 16.2. The first kappa shape index (κ1) is 19.9. The number of nitrogens with zero attached hydrogens (tertiary/aromatic N) is 2. The number of rotatable bonds is 6. The molecular weight excluding hydrogens is 366 g/mol. The Bertz CT molecular complexity index is 753. The van der Waals surface area contributed by atoms with E-state index in [1.54, 1.807) is 0 Å². The van der Waals surface area contributed by atoms with Crippen LogP contribution in [0.4, 0.5) is 5.69 Å². The van der Waals surface area contributed by atoms with Crippen LogP contribution in [0.1, 0.15) is 37.7 Å². The first-order valence-electron chi connectivity index (χ1n) is 10.6. The zero-order valence-corrected chi connectivity index (χ0v) is 17.1. The number of amides is 2. The molecule has 2 unspecified atom stereocenters. The second-order valence-corrected chi connectivity index (χ2v) is 8.36. The van der Waals surface area contributed by atoms with Crippen LogP contribution in [0.15, 0.2) is 36.9 Å². The fourth-order valence-corrected chi connectivity index (χ4v) is 4.22. The topological polar surface area (TPSA) is 76.7 Å². The van der Waals surface area contributed by atoms with Crippen molar-refractivity contribution < 1.29 is 9.59 Å². The van der Waals surface area contributed by atoms with Crippen LogP contribution in [0.2, 0.25) is 0 Å². The van der Waals surface area contributed by atoms with E-state index in [4.69, 9.17) is 0 Å². The van der Waals surface area contributed by atoms with Gasteiger partial charge in [0, 0.05) is 37.9 Å². The molecule has 156 valence electrons. The minimum absolute atomic E-state index is 0.00407. The van der Waals surface area contributed by atoms with Crippen LogP contribution in [0.25, 0.3) is 0 Å². The predicted octanol–water partition coefficient (Wildman–Crippen LogP) is 1.34. The van der Waals surface area contributed by atoms with E-state index in [0.717, 1.165) is 36.7 Å². The van der Waals surface area contributed by atoms with E-state index in [0.29, 0.717) is 19.1 Å². The van der Waals surface area contributed by atoms with Crippen LogP contribution in [0.5, 0.6) is 0 Å². The summed E-state index contributed by atoms with van der Waals surface area (Å²) in [6.45, 7) is 8.52. The lowest BCUT2D eigenvalue weighted by Crippen LogP contribution is -2.48. The lowest BCUT2D eigenvalue weighted by Gasteiger charge is -2.35. The Morgan fingerprint density at radius 3 is 2.45 bits per heavy atom. The summed E-state index contributed by atoms with van der Waals surface area (Å²) >= 11 is 0. The maximum Gasteiger partial charge on any atom is 0.246 e. The first-order valence-corrected chi connectivity index (χ1v) is 10.6. The molecule has 0 spiro atoms. The van der Waals surface area contributed by atoms with Gasteiger partial charge in [0.2, 0.25) is 11.8 Å². The van der Waals surface area contributed by atoms with E-state index in [-0.39, 0.29) is 23.9 Å². The molecule has 0 bridgehead atoms. The van der Waals surface area contributed by atoms with Gasteiger partial charge in [-0.3, -0.25) is 15.0 Å². The van der Waals surface area contributed by atoms with E-state index in [2.05, 4.69) is 39.8 Å². The molecule has 3 aliphatic rings. The lowest BCUT2D eigenvalue weighted by molar-refractivity contribution is -0.126. The van der Waals surface area contributed by atoms with Crippen molar-refractivity contribution in [2.75, 3.05) is 31.1 Å². The maximum absolute atomic E-state index is 12.7. The molecule has 29 heavy (non-hydrogen) atoms. The molecule has 0 radical (unpaired) electrons. The number of nitrogens with one attached hydrogen (secondary N) is 3. The molecule has 0 aromatic heterocycles. The minimum atomic E-state index is -0.201. The second-order valence-electron chi connectivity index (χ2n) is 8.36. The average molecular weight is 398 g/mol. The highest BCUT2D eigenvalue weighted by Crippen LogP contribution is 2.35. The molecule has 3 N–H and O–H groups in total. The van der Waals surface area contributed by atoms with Crippen molar-refractivity contribution in [3.05, 3.63) is 42.5 Å². The van der Waals surface area contributed by atoms with Gasteiger partial charge in [-0.15, -0.1) is 0 Å². The van der Waals surface area contributed by atoms with Crippen molar-refractivity contribution in [1.29, 1.82) is 0 Å². The van der Waals surface area contributed by atoms with Gasteiger partial charge >= 0.3 is 0 Å². The Morgan fingerprint density at radius 1 is 1.14 bits per heavy atom. The smallest absolute Gasteiger partial charge is 0.246 e. The van der Waals surface area contributed by atoms with Gasteiger partial charge in [-0.1, -0.05) is 18.7 Å². The molecule has 2 saturated heterocycles. The highest BCUT2D eigenvalue weighted by Gasteiger charge is 2.37. The Hall–Kier alpha value is -2.38. The van der Waals surface area contributed by atoms with Gasteiger partial charge in [0.1, 0.15) is 0 Å². The maximum atomic E-state index is 12.7. The van der Waals surface area contributed by atoms with Gasteiger partial charge in [0.05, 0.1) is 12.1 Å². The molecule has 1 aromatic carbocycles. The summed E-state index contributed by atoms with van der Waals surface area (Å²) in [7, 11) is 0. The van der Waals surface area contributed by atoms with Crippen molar-refractivity contribution in [3.8, 4) is 0 Å². The third kappa shape index (κ3) is 4.62. The van der Waals surface area contributed by atoms with E-state index in [9.17, 15) is 9.59 Å². The molecule has 1 saturated carbocycles. The summed E-state index contributed by atoms with van der Waals surface area (Å²) in [5.41, 5.74) is 8.66. The second kappa shape index (κ2) is 8.55. The highest BCUT2D eigenvalue weighted by molar-refractivity contribution is 5.87. The van der Waals surface area contributed by atoms with Crippen LogP contribution in [0.3, 0.4) is 0 Å². The first-order chi connectivity index (χ1) is 14.0. The van der Waals surface area contributed by atoms with Crippen molar-refractivity contribution in [3.63, 3.8) is 0 Å². The monoisotopic (exact) mass is 397 g/mol. The minimum Gasteiger partial charge on any atom is -0.368 e. The van der Waals surface area contributed by atoms with Crippen LogP contribution in [0, 0.1) is 5.92 Å².